The minimum absolute atomic E-state index is 0.139. The second-order valence-electron chi connectivity index (χ2n) is 7.40. The Bertz CT molecular complexity index is 866. The molecule has 30 heavy (non-hydrogen) atoms. The van der Waals surface area contributed by atoms with Gasteiger partial charge in [-0.1, -0.05) is 31.2 Å². The zero-order valence-electron chi connectivity index (χ0n) is 18.5. The highest BCUT2D eigenvalue weighted by Crippen LogP contribution is 2.20. The summed E-state index contributed by atoms with van der Waals surface area (Å²) in [6.45, 7) is 8.36. The Morgan fingerprint density at radius 2 is 1.90 bits per heavy atom. The van der Waals surface area contributed by atoms with E-state index in [2.05, 4.69) is 5.32 Å². The third-order valence-corrected chi connectivity index (χ3v) is 4.90. The van der Waals surface area contributed by atoms with Gasteiger partial charge in [0.1, 0.15) is 17.5 Å². The largest absolute Gasteiger partial charge is 0.497 e. The van der Waals surface area contributed by atoms with Gasteiger partial charge in [0.2, 0.25) is 5.91 Å². The third kappa shape index (κ3) is 6.51. The smallest absolute Gasteiger partial charge is 0.261 e. The van der Waals surface area contributed by atoms with E-state index >= 15 is 0 Å². The van der Waals surface area contributed by atoms with E-state index in [-0.39, 0.29) is 25.0 Å². The Balaban J connectivity index is 2.18. The zero-order chi connectivity index (χ0) is 22.1. The van der Waals surface area contributed by atoms with Gasteiger partial charge < -0.3 is 19.7 Å². The van der Waals surface area contributed by atoms with Crippen LogP contribution in [0.4, 0.5) is 0 Å². The molecule has 6 heteroatoms. The third-order valence-electron chi connectivity index (χ3n) is 4.90. The van der Waals surface area contributed by atoms with Crippen LogP contribution in [0.25, 0.3) is 0 Å². The van der Waals surface area contributed by atoms with Gasteiger partial charge in [0.05, 0.1) is 7.11 Å². The first-order chi connectivity index (χ1) is 14.3. The maximum atomic E-state index is 13.1. The van der Waals surface area contributed by atoms with Crippen molar-refractivity contribution < 1.29 is 19.1 Å². The van der Waals surface area contributed by atoms with Gasteiger partial charge in [-0.15, -0.1) is 0 Å². The van der Waals surface area contributed by atoms with Crippen molar-refractivity contribution in [2.24, 2.45) is 0 Å². The summed E-state index contributed by atoms with van der Waals surface area (Å²) < 4.78 is 11.1. The van der Waals surface area contributed by atoms with Crippen LogP contribution in [0.3, 0.4) is 0 Å². The lowest BCUT2D eigenvalue weighted by Gasteiger charge is -2.29. The van der Waals surface area contributed by atoms with Crippen molar-refractivity contribution in [1.29, 1.82) is 0 Å². The average molecular weight is 413 g/mol. The topological polar surface area (TPSA) is 67.9 Å². The van der Waals surface area contributed by atoms with Crippen LogP contribution in [0.2, 0.25) is 0 Å². The van der Waals surface area contributed by atoms with E-state index in [0.717, 1.165) is 23.1 Å². The fourth-order valence-corrected chi connectivity index (χ4v) is 3.03. The van der Waals surface area contributed by atoms with Crippen molar-refractivity contribution in [2.45, 2.75) is 46.7 Å². The fourth-order valence-electron chi connectivity index (χ4n) is 3.03. The molecule has 2 aromatic rings. The van der Waals surface area contributed by atoms with E-state index in [9.17, 15) is 9.59 Å². The molecule has 0 heterocycles. The predicted molar refractivity (Wildman–Crippen MR) is 118 cm³/mol. The maximum Gasteiger partial charge on any atom is 0.261 e. The van der Waals surface area contributed by atoms with Gasteiger partial charge in [0.15, 0.2) is 6.61 Å². The Kier molecular flexibility index (Phi) is 8.71. The van der Waals surface area contributed by atoms with Gasteiger partial charge >= 0.3 is 0 Å². The first-order valence-electron chi connectivity index (χ1n) is 10.3. The molecule has 2 amide bonds. The molecule has 2 aromatic carbocycles. The Morgan fingerprint density at radius 3 is 2.60 bits per heavy atom. The SMILES string of the molecule is CCCNC(=O)C(C)N(Cc1cccc(OC)c1)C(=O)COc1cc(C)ccc1C. The zero-order valence-corrected chi connectivity index (χ0v) is 18.5. The summed E-state index contributed by atoms with van der Waals surface area (Å²) in [5.41, 5.74) is 2.90. The molecule has 1 atom stereocenters. The van der Waals surface area contributed by atoms with Crippen LogP contribution in [-0.4, -0.2) is 43.0 Å². The van der Waals surface area contributed by atoms with Gasteiger partial charge in [0.25, 0.3) is 5.91 Å². The summed E-state index contributed by atoms with van der Waals surface area (Å²) in [7, 11) is 1.60. The second-order valence-corrected chi connectivity index (χ2v) is 7.40. The highest BCUT2D eigenvalue weighted by molar-refractivity contribution is 5.88. The van der Waals surface area contributed by atoms with Crippen molar-refractivity contribution in [1.82, 2.24) is 10.2 Å². The van der Waals surface area contributed by atoms with Crippen molar-refractivity contribution in [3.05, 3.63) is 59.2 Å². The summed E-state index contributed by atoms with van der Waals surface area (Å²) >= 11 is 0. The highest BCUT2D eigenvalue weighted by atomic mass is 16.5. The quantitative estimate of drug-likeness (QED) is 0.647. The number of benzene rings is 2. The normalized spacial score (nSPS) is 11.5. The van der Waals surface area contributed by atoms with Gasteiger partial charge in [-0.2, -0.15) is 0 Å². The molecule has 1 N–H and O–H groups in total. The van der Waals surface area contributed by atoms with Crippen LogP contribution in [0.1, 0.15) is 37.0 Å². The molecule has 2 rings (SSSR count). The molecule has 0 aliphatic carbocycles. The number of carbonyl (C=O) groups is 2. The maximum absolute atomic E-state index is 13.1. The van der Waals surface area contributed by atoms with Gasteiger partial charge in [0, 0.05) is 13.1 Å². The van der Waals surface area contributed by atoms with Crippen LogP contribution in [0, 0.1) is 13.8 Å². The van der Waals surface area contributed by atoms with Gasteiger partial charge in [-0.25, -0.2) is 0 Å². The Hall–Kier alpha value is -3.02. The number of methoxy groups -OCH3 is 1. The van der Waals surface area contributed by atoms with E-state index in [1.165, 1.54) is 0 Å². The summed E-state index contributed by atoms with van der Waals surface area (Å²) in [6, 6.07) is 12.7. The van der Waals surface area contributed by atoms with Crippen LogP contribution < -0.4 is 14.8 Å². The molecule has 0 aliphatic rings. The fraction of sp³-hybridized carbons (Fsp3) is 0.417. The predicted octanol–water partition coefficient (Wildman–Crippen LogP) is 3.63. The monoisotopic (exact) mass is 412 g/mol. The van der Waals surface area contributed by atoms with E-state index in [1.54, 1.807) is 18.9 Å². The minimum Gasteiger partial charge on any atom is -0.497 e. The number of hydrogen-bond donors (Lipinski definition) is 1. The number of ether oxygens (including phenoxy) is 2. The molecule has 0 spiro atoms. The Labute approximate surface area is 179 Å². The van der Waals surface area contributed by atoms with Gasteiger partial charge in [-0.05, 0) is 62.1 Å². The summed E-state index contributed by atoms with van der Waals surface area (Å²) in [4.78, 5) is 27.2. The number of hydrogen-bond acceptors (Lipinski definition) is 4. The lowest BCUT2D eigenvalue weighted by atomic mass is 10.1. The number of aryl methyl sites for hydroxylation is 2. The minimum atomic E-state index is -0.627. The van der Waals surface area contributed by atoms with E-state index < -0.39 is 6.04 Å². The van der Waals surface area contributed by atoms with Crippen LogP contribution in [-0.2, 0) is 16.1 Å². The molecule has 0 aromatic heterocycles. The van der Waals surface area contributed by atoms with Crippen LogP contribution in [0.15, 0.2) is 42.5 Å². The highest BCUT2D eigenvalue weighted by Gasteiger charge is 2.26. The molecule has 6 nitrogen and oxygen atoms in total. The van der Waals surface area contributed by atoms with Crippen molar-refractivity contribution >= 4 is 11.8 Å². The van der Waals surface area contributed by atoms with Gasteiger partial charge in [-0.3, -0.25) is 9.59 Å². The summed E-state index contributed by atoms with van der Waals surface area (Å²) in [5, 5.41) is 2.87. The summed E-state index contributed by atoms with van der Waals surface area (Å²) in [5.74, 6) is 0.945. The van der Waals surface area contributed by atoms with Crippen molar-refractivity contribution in [3.63, 3.8) is 0 Å². The van der Waals surface area contributed by atoms with Crippen LogP contribution in [0.5, 0.6) is 11.5 Å². The lowest BCUT2D eigenvalue weighted by Crippen LogP contribution is -2.49. The van der Waals surface area contributed by atoms with Crippen molar-refractivity contribution in [2.75, 3.05) is 20.3 Å². The number of rotatable bonds is 10. The number of amides is 2. The van der Waals surface area contributed by atoms with Crippen LogP contribution >= 0.6 is 0 Å². The average Bonchev–Trinajstić information content (AvgIpc) is 2.75. The molecule has 0 saturated carbocycles. The molecule has 0 saturated heterocycles. The van der Waals surface area contributed by atoms with E-state index in [1.807, 2.05) is 63.2 Å². The molecule has 0 fully saturated rings. The molecule has 162 valence electrons. The standard InChI is InChI=1S/C24H32N2O4/c1-6-12-25-24(28)19(4)26(15-20-8-7-9-21(14-20)29-5)23(27)16-30-22-13-17(2)10-11-18(22)3/h7-11,13-14,19H,6,12,15-16H2,1-5H3,(H,25,28). The van der Waals surface area contributed by atoms with E-state index in [4.69, 9.17) is 9.47 Å². The molecule has 0 bridgehead atoms. The molecule has 0 aliphatic heterocycles. The Morgan fingerprint density at radius 1 is 1.13 bits per heavy atom. The first-order valence-corrected chi connectivity index (χ1v) is 10.3. The lowest BCUT2D eigenvalue weighted by molar-refractivity contribution is -0.142. The summed E-state index contributed by atoms with van der Waals surface area (Å²) in [6.07, 6.45) is 0.831. The van der Waals surface area contributed by atoms with E-state index in [0.29, 0.717) is 18.0 Å². The molecule has 1 unspecified atom stereocenters. The van der Waals surface area contributed by atoms with Crippen molar-refractivity contribution in [3.8, 4) is 11.5 Å². The number of nitrogens with one attached hydrogen (secondary N) is 1. The first kappa shape index (κ1) is 23.3. The second kappa shape index (κ2) is 11.2. The molecular weight excluding hydrogens is 380 g/mol. The molecule has 0 radical (unpaired) electrons. The number of carbonyl (C=O) groups excluding carboxylic acids is 2. The number of nitrogens with zero attached hydrogens (tertiary/aromatic N) is 1. The molecular formula is C24H32N2O4.